The number of hydrogen-bond donors (Lipinski definition) is 1. The van der Waals surface area contributed by atoms with E-state index in [4.69, 9.17) is 0 Å². The molecule has 1 aliphatic rings. The molecule has 0 aromatic heterocycles. The zero-order chi connectivity index (χ0) is 13.0. The van der Waals surface area contributed by atoms with E-state index in [9.17, 15) is 5.11 Å². The molecule has 1 aliphatic heterocycles. The van der Waals surface area contributed by atoms with Gasteiger partial charge in [0.25, 0.3) is 0 Å². The molecule has 1 N–H and O–H groups in total. The van der Waals surface area contributed by atoms with E-state index in [1.807, 2.05) is 0 Å². The molecule has 0 radical (unpaired) electrons. The van der Waals surface area contributed by atoms with Gasteiger partial charge in [0.15, 0.2) is 0 Å². The first-order valence-corrected chi connectivity index (χ1v) is 7.09. The number of hydrogen-bond acceptors (Lipinski definition) is 2. The van der Waals surface area contributed by atoms with Crippen LogP contribution in [0.5, 0.6) is 0 Å². The average molecular weight is 247 g/mol. The van der Waals surface area contributed by atoms with E-state index in [0.717, 1.165) is 38.9 Å². The van der Waals surface area contributed by atoms with Crippen molar-refractivity contribution < 1.29 is 5.11 Å². The van der Waals surface area contributed by atoms with Gasteiger partial charge in [-0.1, -0.05) is 44.2 Å². The van der Waals surface area contributed by atoms with Crippen molar-refractivity contribution in [3.8, 4) is 0 Å². The van der Waals surface area contributed by atoms with Crippen LogP contribution in [0.25, 0.3) is 0 Å². The number of rotatable bonds is 3. The van der Waals surface area contributed by atoms with E-state index in [-0.39, 0.29) is 0 Å². The summed E-state index contributed by atoms with van der Waals surface area (Å²) in [6.07, 6.45) is 2.94. The van der Waals surface area contributed by atoms with Crippen molar-refractivity contribution in [2.24, 2.45) is 5.92 Å². The molecule has 1 aromatic rings. The fraction of sp³-hybridized carbons (Fsp3) is 0.625. The Labute approximate surface area is 111 Å². The molecule has 0 amide bonds. The Hall–Kier alpha value is -0.860. The Morgan fingerprint density at radius 1 is 1.17 bits per heavy atom. The third kappa shape index (κ3) is 3.33. The maximum Gasteiger partial charge on any atom is 0.0683 e. The predicted octanol–water partition coefficient (Wildman–Crippen LogP) is 3.06. The Kier molecular flexibility index (Phi) is 4.41. The van der Waals surface area contributed by atoms with Gasteiger partial charge in [-0.15, -0.1) is 0 Å². The lowest BCUT2D eigenvalue weighted by Crippen LogP contribution is -2.36. The molecule has 100 valence electrons. The highest BCUT2D eigenvalue weighted by Gasteiger charge is 2.32. The molecule has 1 atom stereocenters. The summed E-state index contributed by atoms with van der Waals surface area (Å²) in [5, 5.41) is 10.6. The molecule has 2 rings (SSSR count). The van der Waals surface area contributed by atoms with Crippen LogP contribution in [0.1, 0.15) is 38.7 Å². The largest absolute Gasteiger partial charge is 0.390 e. The maximum absolute atomic E-state index is 10.6. The summed E-state index contributed by atoms with van der Waals surface area (Å²) in [6, 6.07) is 10.6. The summed E-state index contributed by atoms with van der Waals surface area (Å²) in [4.78, 5) is 2.47. The normalized spacial score (nSPS) is 26.2. The van der Waals surface area contributed by atoms with Gasteiger partial charge in [0.2, 0.25) is 0 Å². The van der Waals surface area contributed by atoms with Crippen molar-refractivity contribution in [2.45, 2.75) is 45.3 Å². The first-order chi connectivity index (χ1) is 8.60. The molecule has 0 bridgehead atoms. The fourth-order valence-electron chi connectivity index (χ4n) is 2.77. The van der Waals surface area contributed by atoms with Crippen molar-refractivity contribution in [1.82, 2.24) is 4.90 Å². The average Bonchev–Trinajstić information content (AvgIpc) is 2.54. The van der Waals surface area contributed by atoms with E-state index in [1.54, 1.807) is 0 Å². The SMILES string of the molecule is CC(C)C1(O)CCCN(Cc2ccccc2)CC1. The second-order valence-corrected chi connectivity index (χ2v) is 5.87. The van der Waals surface area contributed by atoms with Gasteiger partial charge in [-0.2, -0.15) is 0 Å². The molecule has 18 heavy (non-hydrogen) atoms. The van der Waals surface area contributed by atoms with Gasteiger partial charge in [0.1, 0.15) is 0 Å². The molecule has 2 heteroatoms. The first kappa shape index (κ1) is 13.6. The van der Waals surface area contributed by atoms with Crippen LogP contribution < -0.4 is 0 Å². The lowest BCUT2D eigenvalue weighted by Gasteiger charge is -2.31. The van der Waals surface area contributed by atoms with Crippen LogP contribution in [0, 0.1) is 5.92 Å². The van der Waals surface area contributed by atoms with Crippen molar-refractivity contribution in [2.75, 3.05) is 13.1 Å². The summed E-state index contributed by atoms with van der Waals surface area (Å²) in [7, 11) is 0. The van der Waals surface area contributed by atoms with Gasteiger partial charge in [-0.05, 0) is 37.3 Å². The lowest BCUT2D eigenvalue weighted by atomic mass is 9.84. The van der Waals surface area contributed by atoms with Gasteiger partial charge >= 0.3 is 0 Å². The number of benzene rings is 1. The minimum atomic E-state index is -0.453. The van der Waals surface area contributed by atoms with Crippen molar-refractivity contribution in [3.63, 3.8) is 0 Å². The third-order valence-corrected chi connectivity index (χ3v) is 4.27. The molecule has 1 aromatic carbocycles. The Bertz CT molecular complexity index is 363. The molecule has 1 unspecified atom stereocenters. The van der Waals surface area contributed by atoms with Crippen molar-refractivity contribution >= 4 is 0 Å². The number of nitrogens with zero attached hydrogens (tertiary/aromatic N) is 1. The van der Waals surface area contributed by atoms with E-state index in [2.05, 4.69) is 49.1 Å². The first-order valence-electron chi connectivity index (χ1n) is 7.09. The monoisotopic (exact) mass is 247 g/mol. The Morgan fingerprint density at radius 2 is 1.89 bits per heavy atom. The van der Waals surface area contributed by atoms with E-state index in [0.29, 0.717) is 5.92 Å². The predicted molar refractivity (Wildman–Crippen MR) is 75.4 cm³/mol. The van der Waals surface area contributed by atoms with Crippen molar-refractivity contribution in [1.29, 1.82) is 0 Å². The minimum Gasteiger partial charge on any atom is -0.390 e. The van der Waals surface area contributed by atoms with E-state index >= 15 is 0 Å². The summed E-state index contributed by atoms with van der Waals surface area (Å²) in [5.74, 6) is 0.356. The Balaban J connectivity index is 1.93. The third-order valence-electron chi connectivity index (χ3n) is 4.27. The van der Waals surface area contributed by atoms with Gasteiger partial charge < -0.3 is 5.11 Å². The van der Waals surface area contributed by atoms with Crippen LogP contribution in [0.15, 0.2) is 30.3 Å². The summed E-state index contributed by atoms with van der Waals surface area (Å²) in [5.41, 5.74) is 0.915. The second-order valence-electron chi connectivity index (χ2n) is 5.87. The Morgan fingerprint density at radius 3 is 2.56 bits per heavy atom. The van der Waals surface area contributed by atoms with Gasteiger partial charge in [-0.3, -0.25) is 4.90 Å². The molecule has 1 fully saturated rings. The van der Waals surface area contributed by atoms with Crippen molar-refractivity contribution in [3.05, 3.63) is 35.9 Å². The topological polar surface area (TPSA) is 23.5 Å². The molecule has 1 saturated heterocycles. The minimum absolute atomic E-state index is 0.356. The summed E-state index contributed by atoms with van der Waals surface area (Å²) < 4.78 is 0. The lowest BCUT2D eigenvalue weighted by molar-refractivity contribution is -0.0182. The number of likely N-dealkylation sites (tertiary alicyclic amines) is 1. The van der Waals surface area contributed by atoms with Gasteiger partial charge in [0.05, 0.1) is 5.60 Å². The second kappa shape index (κ2) is 5.85. The zero-order valence-corrected chi connectivity index (χ0v) is 11.6. The molecule has 2 nitrogen and oxygen atoms in total. The zero-order valence-electron chi connectivity index (χ0n) is 11.6. The van der Waals surface area contributed by atoms with Crippen LogP contribution in [0.3, 0.4) is 0 Å². The highest BCUT2D eigenvalue weighted by atomic mass is 16.3. The van der Waals surface area contributed by atoms with Crippen LogP contribution in [0.4, 0.5) is 0 Å². The van der Waals surface area contributed by atoms with E-state index < -0.39 is 5.60 Å². The van der Waals surface area contributed by atoms with Gasteiger partial charge in [-0.25, -0.2) is 0 Å². The van der Waals surface area contributed by atoms with Crippen LogP contribution in [0.2, 0.25) is 0 Å². The molecular formula is C16H25NO. The highest BCUT2D eigenvalue weighted by Crippen LogP contribution is 2.29. The van der Waals surface area contributed by atoms with Crippen LogP contribution in [-0.2, 0) is 6.54 Å². The molecule has 1 heterocycles. The highest BCUT2D eigenvalue weighted by molar-refractivity contribution is 5.14. The van der Waals surface area contributed by atoms with Crippen LogP contribution in [-0.4, -0.2) is 28.7 Å². The maximum atomic E-state index is 10.6. The summed E-state index contributed by atoms with van der Waals surface area (Å²) in [6.45, 7) is 7.38. The fourth-order valence-corrected chi connectivity index (χ4v) is 2.77. The molecular weight excluding hydrogens is 222 g/mol. The standard InChI is InChI=1S/C16H25NO/c1-14(2)16(18)9-6-11-17(12-10-16)13-15-7-4-3-5-8-15/h3-5,7-8,14,18H,6,9-13H2,1-2H3. The van der Waals surface area contributed by atoms with Crippen LogP contribution >= 0.6 is 0 Å². The molecule has 0 aliphatic carbocycles. The number of aliphatic hydroxyl groups is 1. The quantitative estimate of drug-likeness (QED) is 0.887. The van der Waals surface area contributed by atoms with E-state index in [1.165, 1.54) is 5.56 Å². The smallest absolute Gasteiger partial charge is 0.0683 e. The van der Waals surface area contributed by atoms with Gasteiger partial charge in [0, 0.05) is 13.1 Å². The molecule has 0 spiro atoms. The molecule has 0 saturated carbocycles. The summed E-state index contributed by atoms with van der Waals surface area (Å²) >= 11 is 0.